The molecule has 360 valence electrons. The summed E-state index contributed by atoms with van der Waals surface area (Å²) in [7, 11) is 0. The molecule has 0 aromatic heterocycles. The maximum atomic E-state index is 12.8. The summed E-state index contributed by atoms with van der Waals surface area (Å²) in [6, 6.07) is 0. The third-order valence-electron chi connectivity index (χ3n) is 11.5. The summed E-state index contributed by atoms with van der Waals surface area (Å²) in [5, 5.41) is 0. The van der Waals surface area contributed by atoms with Gasteiger partial charge in [-0.1, -0.05) is 204 Å². The Bertz CT molecular complexity index is 1090. The van der Waals surface area contributed by atoms with Gasteiger partial charge in [-0.05, 0) is 96.3 Å². The molecule has 0 aromatic rings. The highest BCUT2D eigenvalue weighted by Crippen LogP contribution is 2.15. The van der Waals surface area contributed by atoms with Gasteiger partial charge in [-0.25, -0.2) is 0 Å². The molecule has 0 heterocycles. The number of rotatable bonds is 48. The minimum Gasteiger partial charge on any atom is -0.462 e. The molecule has 0 saturated heterocycles. The van der Waals surface area contributed by atoms with E-state index in [-0.39, 0.29) is 31.1 Å². The lowest BCUT2D eigenvalue weighted by molar-refractivity contribution is -0.167. The van der Waals surface area contributed by atoms with Gasteiger partial charge < -0.3 is 14.2 Å². The number of carbonyl (C=O) groups excluding carboxylic acids is 3. The van der Waals surface area contributed by atoms with E-state index in [2.05, 4.69) is 69.4 Å². The van der Waals surface area contributed by atoms with E-state index in [0.29, 0.717) is 19.3 Å². The smallest absolute Gasteiger partial charge is 0.306 e. The molecule has 0 fully saturated rings. The van der Waals surface area contributed by atoms with E-state index in [1.807, 2.05) is 0 Å². The van der Waals surface area contributed by atoms with Crippen LogP contribution in [0.15, 0.2) is 48.6 Å². The number of ether oxygens (including phenoxy) is 3. The van der Waals surface area contributed by atoms with Crippen molar-refractivity contribution in [3.63, 3.8) is 0 Å². The SMILES string of the molecule is CC/C=C\C/C=C\CCCCCCCCCC(=O)OCC(COC(=O)CCCCCCCCC/C=C\CCCCCC)OC(=O)CCCCCCCCC/C=C\CCCCCC. The van der Waals surface area contributed by atoms with Gasteiger partial charge in [0.2, 0.25) is 0 Å². The fourth-order valence-corrected chi connectivity index (χ4v) is 7.53. The molecule has 6 heteroatoms. The Kier molecular flexibility index (Phi) is 48.8. The molecule has 0 rings (SSSR count). The van der Waals surface area contributed by atoms with E-state index >= 15 is 0 Å². The number of unbranched alkanes of at least 4 members (excludes halogenated alkanes) is 29. The molecule has 6 nitrogen and oxygen atoms in total. The van der Waals surface area contributed by atoms with Crippen LogP contribution in [-0.2, 0) is 28.6 Å². The molecule has 1 atom stereocenters. The summed E-state index contributed by atoms with van der Waals surface area (Å²) in [5.74, 6) is -0.888. The van der Waals surface area contributed by atoms with Gasteiger partial charge in [-0.2, -0.15) is 0 Å². The zero-order valence-electron chi connectivity index (χ0n) is 41.1. The highest BCUT2D eigenvalue weighted by atomic mass is 16.6. The zero-order valence-corrected chi connectivity index (χ0v) is 41.1. The monoisotopic (exact) mass is 869 g/mol. The first kappa shape index (κ1) is 59.4. The normalized spacial score (nSPS) is 12.4. The van der Waals surface area contributed by atoms with Crippen LogP contribution in [0.2, 0.25) is 0 Å². The Balaban J connectivity index is 4.38. The first-order chi connectivity index (χ1) is 30.5. The Labute approximate surface area is 384 Å². The van der Waals surface area contributed by atoms with Crippen molar-refractivity contribution < 1.29 is 28.6 Å². The van der Waals surface area contributed by atoms with Crippen molar-refractivity contribution in [1.82, 2.24) is 0 Å². The van der Waals surface area contributed by atoms with Gasteiger partial charge >= 0.3 is 17.9 Å². The highest BCUT2D eigenvalue weighted by molar-refractivity contribution is 5.71. The van der Waals surface area contributed by atoms with E-state index in [0.717, 1.165) is 77.0 Å². The molecule has 0 aromatic carbocycles. The molecule has 0 aliphatic carbocycles. The molecule has 0 amide bonds. The van der Waals surface area contributed by atoms with Crippen LogP contribution >= 0.6 is 0 Å². The Morgan fingerprint density at radius 3 is 0.984 bits per heavy atom. The van der Waals surface area contributed by atoms with Gasteiger partial charge in [0.05, 0.1) is 0 Å². The molecule has 0 bridgehead atoms. The van der Waals surface area contributed by atoms with Crippen LogP contribution in [0.3, 0.4) is 0 Å². The number of esters is 3. The second-order valence-electron chi connectivity index (χ2n) is 17.7. The predicted molar refractivity (Wildman–Crippen MR) is 265 cm³/mol. The first-order valence-corrected chi connectivity index (χ1v) is 26.6. The topological polar surface area (TPSA) is 78.9 Å². The lowest BCUT2D eigenvalue weighted by Crippen LogP contribution is -2.30. The summed E-state index contributed by atoms with van der Waals surface area (Å²) >= 11 is 0. The molecule has 0 saturated carbocycles. The van der Waals surface area contributed by atoms with Crippen molar-refractivity contribution in [3.05, 3.63) is 48.6 Å². The minimum absolute atomic E-state index is 0.0786. The Morgan fingerprint density at radius 1 is 0.339 bits per heavy atom. The lowest BCUT2D eigenvalue weighted by atomic mass is 10.1. The van der Waals surface area contributed by atoms with E-state index < -0.39 is 6.10 Å². The quantitative estimate of drug-likeness (QED) is 0.0262. The van der Waals surface area contributed by atoms with Gasteiger partial charge in [0.1, 0.15) is 13.2 Å². The van der Waals surface area contributed by atoms with Gasteiger partial charge in [0.15, 0.2) is 6.10 Å². The lowest BCUT2D eigenvalue weighted by Gasteiger charge is -2.18. The van der Waals surface area contributed by atoms with Crippen LogP contribution in [0.4, 0.5) is 0 Å². The van der Waals surface area contributed by atoms with Gasteiger partial charge in [-0.3, -0.25) is 14.4 Å². The fourth-order valence-electron chi connectivity index (χ4n) is 7.53. The summed E-state index contributed by atoms with van der Waals surface area (Å²) in [6.07, 6.45) is 60.9. The highest BCUT2D eigenvalue weighted by Gasteiger charge is 2.19. The number of hydrogen-bond donors (Lipinski definition) is 0. The average Bonchev–Trinajstić information content (AvgIpc) is 3.27. The molecule has 0 aliphatic rings. The molecule has 0 aliphatic heterocycles. The molecular weight excluding hydrogens is 769 g/mol. The van der Waals surface area contributed by atoms with Crippen molar-refractivity contribution in [1.29, 1.82) is 0 Å². The molecular formula is C56H100O6. The maximum absolute atomic E-state index is 12.8. The predicted octanol–water partition coefficient (Wildman–Crippen LogP) is 17.5. The van der Waals surface area contributed by atoms with Crippen LogP contribution in [-0.4, -0.2) is 37.2 Å². The second-order valence-corrected chi connectivity index (χ2v) is 17.7. The number of hydrogen-bond acceptors (Lipinski definition) is 6. The molecule has 0 N–H and O–H groups in total. The van der Waals surface area contributed by atoms with E-state index in [4.69, 9.17) is 14.2 Å². The van der Waals surface area contributed by atoms with Crippen molar-refractivity contribution >= 4 is 17.9 Å². The van der Waals surface area contributed by atoms with Crippen molar-refractivity contribution in [2.24, 2.45) is 0 Å². The van der Waals surface area contributed by atoms with Crippen LogP contribution < -0.4 is 0 Å². The number of carbonyl (C=O) groups is 3. The van der Waals surface area contributed by atoms with Crippen molar-refractivity contribution in [2.75, 3.05) is 13.2 Å². The molecule has 0 radical (unpaired) electrons. The van der Waals surface area contributed by atoms with Gasteiger partial charge in [0, 0.05) is 19.3 Å². The molecule has 0 spiro atoms. The van der Waals surface area contributed by atoms with Crippen molar-refractivity contribution in [2.45, 2.75) is 277 Å². The zero-order chi connectivity index (χ0) is 45.1. The van der Waals surface area contributed by atoms with Crippen LogP contribution in [0, 0.1) is 0 Å². The third-order valence-corrected chi connectivity index (χ3v) is 11.5. The van der Waals surface area contributed by atoms with Crippen molar-refractivity contribution in [3.8, 4) is 0 Å². The summed E-state index contributed by atoms with van der Waals surface area (Å²) in [4.78, 5) is 38.0. The summed E-state index contributed by atoms with van der Waals surface area (Å²) in [6.45, 7) is 6.51. The second kappa shape index (κ2) is 51.0. The summed E-state index contributed by atoms with van der Waals surface area (Å²) < 4.78 is 16.8. The first-order valence-electron chi connectivity index (χ1n) is 26.6. The largest absolute Gasteiger partial charge is 0.462 e. The Hall–Kier alpha value is -2.63. The van der Waals surface area contributed by atoms with Crippen LogP contribution in [0.1, 0.15) is 271 Å². The maximum Gasteiger partial charge on any atom is 0.306 e. The van der Waals surface area contributed by atoms with Gasteiger partial charge in [0.25, 0.3) is 0 Å². The standard InChI is InChI=1S/C56H100O6/c1-4-7-10-13-16-19-22-25-28-31-34-37-40-43-46-49-55(58)61-52-53(51-60-54(57)48-45-42-39-36-33-30-27-24-21-18-15-12-9-6-3)62-56(59)50-47-44-41-38-35-32-29-26-23-20-17-14-11-8-5-2/h9,12,18-23,53H,4-8,10-11,13-17,24-52H2,1-3H3/b12-9-,21-18-,22-19-,23-20-. The molecule has 1 unspecified atom stereocenters. The minimum atomic E-state index is -0.778. The summed E-state index contributed by atoms with van der Waals surface area (Å²) in [5.41, 5.74) is 0. The van der Waals surface area contributed by atoms with E-state index in [1.165, 1.54) is 154 Å². The fraction of sp³-hybridized carbons (Fsp3) is 0.804. The molecule has 62 heavy (non-hydrogen) atoms. The van der Waals surface area contributed by atoms with Gasteiger partial charge in [-0.15, -0.1) is 0 Å². The third kappa shape index (κ3) is 48.4. The Morgan fingerprint density at radius 2 is 0.629 bits per heavy atom. The number of allylic oxidation sites excluding steroid dienone is 8. The van der Waals surface area contributed by atoms with Crippen LogP contribution in [0.5, 0.6) is 0 Å². The van der Waals surface area contributed by atoms with E-state index in [9.17, 15) is 14.4 Å². The van der Waals surface area contributed by atoms with Crippen LogP contribution in [0.25, 0.3) is 0 Å². The van der Waals surface area contributed by atoms with E-state index in [1.54, 1.807) is 0 Å². The average molecular weight is 869 g/mol.